The summed E-state index contributed by atoms with van der Waals surface area (Å²) in [6.45, 7) is 6.15. The van der Waals surface area contributed by atoms with Crippen molar-refractivity contribution in [3.63, 3.8) is 0 Å². The highest BCUT2D eigenvalue weighted by molar-refractivity contribution is 7.99. The van der Waals surface area contributed by atoms with E-state index in [9.17, 15) is 4.79 Å². The molecular formula is C11H18N2O2S. The van der Waals surface area contributed by atoms with Crippen LogP contribution in [-0.4, -0.2) is 26.9 Å². The lowest BCUT2D eigenvalue weighted by Crippen LogP contribution is -2.13. The third-order valence-corrected chi connectivity index (χ3v) is 3.23. The van der Waals surface area contributed by atoms with Crippen LogP contribution in [0.5, 0.6) is 0 Å². The van der Waals surface area contributed by atoms with E-state index < -0.39 is 0 Å². The SMILES string of the molecule is CC(CCO)Sc1cc(=O)[nH]c(C(C)C)n1. The van der Waals surface area contributed by atoms with E-state index in [1.165, 1.54) is 17.8 Å². The number of nitrogens with zero attached hydrogens (tertiary/aromatic N) is 1. The normalized spacial score (nSPS) is 13.1. The van der Waals surface area contributed by atoms with Gasteiger partial charge in [0, 0.05) is 23.8 Å². The number of aromatic nitrogens is 2. The number of hydrogen-bond acceptors (Lipinski definition) is 4. The Kier molecular flexibility index (Phi) is 5.02. The van der Waals surface area contributed by atoms with E-state index in [-0.39, 0.29) is 23.3 Å². The van der Waals surface area contributed by atoms with E-state index in [0.717, 1.165) is 5.03 Å². The van der Waals surface area contributed by atoms with E-state index >= 15 is 0 Å². The predicted molar refractivity (Wildman–Crippen MR) is 66.0 cm³/mol. The van der Waals surface area contributed by atoms with Crippen molar-refractivity contribution < 1.29 is 5.11 Å². The molecule has 0 bridgehead atoms. The van der Waals surface area contributed by atoms with Crippen LogP contribution in [-0.2, 0) is 0 Å². The van der Waals surface area contributed by atoms with Crippen LogP contribution in [0.3, 0.4) is 0 Å². The first kappa shape index (κ1) is 13.3. The number of aliphatic hydroxyl groups excluding tert-OH is 1. The minimum Gasteiger partial charge on any atom is -0.396 e. The topological polar surface area (TPSA) is 66.0 Å². The van der Waals surface area contributed by atoms with Crippen molar-refractivity contribution >= 4 is 11.8 Å². The van der Waals surface area contributed by atoms with Gasteiger partial charge >= 0.3 is 0 Å². The van der Waals surface area contributed by atoms with Crippen LogP contribution >= 0.6 is 11.8 Å². The first-order chi connectivity index (χ1) is 7.52. The average molecular weight is 242 g/mol. The van der Waals surface area contributed by atoms with E-state index in [4.69, 9.17) is 5.11 Å². The summed E-state index contributed by atoms with van der Waals surface area (Å²) < 4.78 is 0. The lowest BCUT2D eigenvalue weighted by molar-refractivity contribution is 0.289. The Labute approximate surface area is 99.5 Å². The second-order valence-electron chi connectivity index (χ2n) is 4.06. The molecule has 0 aliphatic carbocycles. The largest absolute Gasteiger partial charge is 0.396 e. The van der Waals surface area contributed by atoms with Crippen molar-refractivity contribution in [1.29, 1.82) is 0 Å². The average Bonchev–Trinajstić information content (AvgIpc) is 2.16. The van der Waals surface area contributed by atoms with Crippen molar-refractivity contribution in [3.05, 3.63) is 22.2 Å². The summed E-state index contributed by atoms with van der Waals surface area (Å²) >= 11 is 1.52. The second kappa shape index (κ2) is 6.06. The summed E-state index contributed by atoms with van der Waals surface area (Å²) in [6, 6.07) is 1.50. The van der Waals surface area contributed by atoms with Gasteiger partial charge in [0.1, 0.15) is 10.9 Å². The third-order valence-electron chi connectivity index (χ3n) is 2.14. The molecule has 1 heterocycles. The molecule has 0 amide bonds. The molecule has 1 rings (SSSR count). The molecule has 0 aromatic carbocycles. The Morgan fingerprint density at radius 2 is 2.19 bits per heavy atom. The monoisotopic (exact) mass is 242 g/mol. The Hall–Kier alpha value is -0.810. The lowest BCUT2D eigenvalue weighted by atomic mass is 10.2. The number of aromatic amines is 1. The quantitative estimate of drug-likeness (QED) is 0.610. The van der Waals surface area contributed by atoms with Crippen LogP contribution in [0.25, 0.3) is 0 Å². The van der Waals surface area contributed by atoms with Crippen molar-refractivity contribution in [1.82, 2.24) is 9.97 Å². The Balaban J connectivity index is 2.84. The summed E-state index contributed by atoms with van der Waals surface area (Å²) in [5.74, 6) is 0.924. The fraction of sp³-hybridized carbons (Fsp3) is 0.636. The summed E-state index contributed by atoms with van der Waals surface area (Å²) in [4.78, 5) is 18.5. The molecule has 1 aromatic rings. The molecule has 1 atom stereocenters. The number of H-pyrrole nitrogens is 1. The molecule has 0 spiro atoms. The molecule has 0 saturated carbocycles. The van der Waals surface area contributed by atoms with E-state index in [1.807, 2.05) is 20.8 Å². The molecule has 0 saturated heterocycles. The van der Waals surface area contributed by atoms with Crippen molar-refractivity contribution in [2.75, 3.05) is 6.61 Å². The van der Waals surface area contributed by atoms with Crippen LogP contribution in [0.4, 0.5) is 0 Å². The highest BCUT2D eigenvalue weighted by atomic mass is 32.2. The number of hydrogen-bond donors (Lipinski definition) is 2. The zero-order valence-corrected chi connectivity index (χ0v) is 10.7. The van der Waals surface area contributed by atoms with Gasteiger partial charge in [0.15, 0.2) is 0 Å². The Morgan fingerprint density at radius 3 is 2.75 bits per heavy atom. The zero-order valence-electron chi connectivity index (χ0n) is 9.86. The van der Waals surface area contributed by atoms with Crippen LogP contribution in [0, 0.1) is 0 Å². The molecule has 5 heteroatoms. The van der Waals surface area contributed by atoms with Crippen LogP contribution in [0.15, 0.2) is 15.9 Å². The van der Waals surface area contributed by atoms with Crippen molar-refractivity contribution in [3.8, 4) is 0 Å². The number of aliphatic hydroxyl groups is 1. The van der Waals surface area contributed by atoms with Gasteiger partial charge in [0.25, 0.3) is 5.56 Å². The first-order valence-corrected chi connectivity index (χ1v) is 6.29. The van der Waals surface area contributed by atoms with Gasteiger partial charge in [-0.15, -0.1) is 11.8 Å². The highest BCUT2D eigenvalue weighted by Gasteiger charge is 2.09. The summed E-state index contributed by atoms with van der Waals surface area (Å²) in [5.41, 5.74) is -0.114. The highest BCUT2D eigenvalue weighted by Crippen LogP contribution is 2.22. The molecule has 0 aliphatic rings. The number of nitrogens with one attached hydrogen (secondary N) is 1. The van der Waals surface area contributed by atoms with Crippen LogP contribution in [0.1, 0.15) is 38.9 Å². The summed E-state index contributed by atoms with van der Waals surface area (Å²) in [6.07, 6.45) is 0.705. The third kappa shape index (κ3) is 3.98. The van der Waals surface area contributed by atoms with Crippen molar-refractivity contribution in [2.24, 2.45) is 0 Å². The Morgan fingerprint density at radius 1 is 1.50 bits per heavy atom. The maximum absolute atomic E-state index is 11.4. The zero-order chi connectivity index (χ0) is 12.1. The van der Waals surface area contributed by atoms with E-state index in [0.29, 0.717) is 12.2 Å². The van der Waals surface area contributed by atoms with Gasteiger partial charge in [0.05, 0.1) is 0 Å². The maximum atomic E-state index is 11.4. The molecule has 2 N–H and O–H groups in total. The number of thioether (sulfide) groups is 1. The second-order valence-corrected chi connectivity index (χ2v) is 5.52. The number of rotatable bonds is 5. The molecule has 0 aliphatic heterocycles. The fourth-order valence-electron chi connectivity index (χ4n) is 1.23. The van der Waals surface area contributed by atoms with Crippen LogP contribution < -0.4 is 5.56 Å². The molecule has 1 aromatic heterocycles. The lowest BCUT2D eigenvalue weighted by Gasteiger charge is -2.10. The Bertz CT molecular complexity index is 390. The molecule has 90 valence electrons. The summed E-state index contributed by atoms with van der Waals surface area (Å²) in [7, 11) is 0. The molecule has 0 radical (unpaired) electrons. The van der Waals surface area contributed by atoms with Gasteiger partial charge in [-0.05, 0) is 6.42 Å². The summed E-state index contributed by atoms with van der Waals surface area (Å²) in [5, 5.41) is 9.80. The van der Waals surface area contributed by atoms with Crippen molar-refractivity contribution in [2.45, 2.75) is 43.4 Å². The smallest absolute Gasteiger partial charge is 0.251 e. The van der Waals surface area contributed by atoms with E-state index in [1.54, 1.807) is 0 Å². The van der Waals surface area contributed by atoms with Gasteiger partial charge in [0.2, 0.25) is 0 Å². The standard InChI is InChI=1S/C11H18N2O2S/c1-7(2)11-12-9(15)6-10(13-11)16-8(3)4-5-14/h6-8,14H,4-5H2,1-3H3,(H,12,13,15). The van der Waals surface area contributed by atoms with Gasteiger partial charge in [-0.3, -0.25) is 4.79 Å². The maximum Gasteiger partial charge on any atom is 0.251 e. The molecule has 16 heavy (non-hydrogen) atoms. The van der Waals surface area contributed by atoms with Gasteiger partial charge < -0.3 is 10.1 Å². The van der Waals surface area contributed by atoms with Gasteiger partial charge in [-0.2, -0.15) is 0 Å². The molecule has 1 unspecified atom stereocenters. The van der Waals surface area contributed by atoms with E-state index in [2.05, 4.69) is 9.97 Å². The molecule has 4 nitrogen and oxygen atoms in total. The minimum atomic E-state index is -0.114. The van der Waals surface area contributed by atoms with Gasteiger partial charge in [-0.1, -0.05) is 20.8 Å². The molecule has 0 fully saturated rings. The van der Waals surface area contributed by atoms with Crippen LogP contribution in [0.2, 0.25) is 0 Å². The fourth-order valence-corrected chi connectivity index (χ4v) is 2.20. The predicted octanol–water partition coefficient (Wildman–Crippen LogP) is 1.76. The molecular weight excluding hydrogens is 224 g/mol. The van der Waals surface area contributed by atoms with Gasteiger partial charge in [-0.25, -0.2) is 4.98 Å². The first-order valence-electron chi connectivity index (χ1n) is 5.41. The minimum absolute atomic E-state index is 0.114.